The van der Waals surface area contributed by atoms with Crippen LogP contribution in [0.3, 0.4) is 0 Å². The maximum Gasteiger partial charge on any atom is 0.134 e. The molecule has 0 heterocycles. The molecule has 0 unspecified atom stereocenters. The van der Waals surface area contributed by atoms with Crippen molar-refractivity contribution < 1.29 is 26.2 Å². The van der Waals surface area contributed by atoms with E-state index in [4.69, 9.17) is 15.3 Å². The van der Waals surface area contributed by atoms with E-state index in [1.165, 1.54) is 0 Å². The third-order valence-electron chi connectivity index (χ3n) is 2.34. The highest BCUT2D eigenvalue weighted by molar-refractivity contribution is 4.96. The van der Waals surface area contributed by atoms with Crippen molar-refractivity contribution in [1.82, 2.24) is 0 Å². The van der Waals surface area contributed by atoms with Gasteiger partial charge in [-0.1, -0.05) is 0 Å². The van der Waals surface area contributed by atoms with Gasteiger partial charge in [0, 0.05) is 0 Å². The molecule has 1 aliphatic rings. The minimum Gasteiger partial charge on any atom is -0.396 e. The van der Waals surface area contributed by atoms with Crippen LogP contribution in [0.2, 0.25) is 0 Å². The highest BCUT2D eigenvalue weighted by atomic mass is 16.4. The summed E-state index contributed by atoms with van der Waals surface area (Å²) in [5, 5.41) is 36.2. The Bertz CT molecular complexity index is 129. The van der Waals surface area contributed by atoms with Crippen LogP contribution in [0.25, 0.3) is 0 Å². The van der Waals surface area contributed by atoms with Crippen LogP contribution in [-0.2, 0) is 0 Å². The van der Waals surface area contributed by atoms with Crippen LogP contribution in [0.5, 0.6) is 0 Å². The van der Waals surface area contributed by atoms with E-state index in [1.54, 1.807) is 0 Å². The Labute approximate surface area is 64.1 Å². The average molecular weight is 164 g/mol. The third-order valence-corrected chi connectivity index (χ3v) is 2.34. The summed E-state index contributed by atoms with van der Waals surface area (Å²) in [7, 11) is 0. The molecule has 0 bridgehead atoms. The van der Waals surface area contributed by atoms with E-state index in [0.29, 0.717) is 0 Å². The lowest BCUT2D eigenvalue weighted by atomic mass is 10.0. The monoisotopic (exact) mass is 164 g/mol. The largest absolute Gasteiger partial charge is 0.396 e. The molecule has 0 radical (unpaired) electrons. The summed E-state index contributed by atoms with van der Waals surface area (Å²) in [6.45, 7) is -0.260. The van der Waals surface area contributed by atoms with Gasteiger partial charge in [0.1, 0.15) is 18.2 Å². The number of rotatable bonds is 1. The van der Waals surface area contributed by atoms with Crippen molar-refractivity contribution in [1.29, 1.82) is 0 Å². The molecule has 0 saturated heterocycles. The van der Waals surface area contributed by atoms with Gasteiger partial charge >= 0.3 is 0 Å². The first-order chi connectivity index (χ1) is 5.09. The number of quaternary nitrogens is 1. The molecule has 5 nitrogen and oxygen atoms in total. The Morgan fingerprint density at radius 3 is 1.73 bits per heavy atom. The fourth-order valence-corrected chi connectivity index (χ4v) is 1.46. The molecule has 0 aromatic heterocycles. The van der Waals surface area contributed by atoms with Crippen molar-refractivity contribution in [2.75, 3.05) is 6.61 Å². The summed E-state index contributed by atoms with van der Waals surface area (Å²) in [5.41, 5.74) is 3.54. The second-order valence-corrected chi connectivity index (χ2v) is 2.98. The molecule has 1 aliphatic carbocycles. The highest BCUT2D eigenvalue weighted by Crippen LogP contribution is 2.24. The molecule has 7 N–H and O–H groups in total. The number of aliphatic hydroxyl groups is 4. The predicted octanol–water partition coefficient (Wildman–Crippen LogP) is -3.70. The zero-order valence-electron chi connectivity index (χ0n) is 6.09. The number of hydrogen-bond acceptors (Lipinski definition) is 4. The van der Waals surface area contributed by atoms with E-state index in [2.05, 4.69) is 5.73 Å². The lowest BCUT2D eigenvalue weighted by Crippen LogP contribution is -2.68. The lowest BCUT2D eigenvalue weighted by molar-refractivity contribution is -0.446. The van der Waals surface area contributed by atoms with Gasteiger partial charge in [-0.05, 0) is 0 Å². The van der Waals surface area contributed by atoms with Gasteiger partial charge in [0.25, 0.3) is 0 Å². The Morgan fingerprint density at radius 2 is 1.55 bits per heavy atom. The second-order valence-electron chi connectivity index (χ2n) is 2.98. The van der Waals surface area contributed by atoms with Crippen LogP contribution < -0.4 is 5.73 Å². The Hall–Kier alpha value is -0.200. The van der Waals surface area contributed by atoms with Crippen LogP contribution in [0.1, 0.15) is 0 Å². The summed E-state index contributed by atoms with van der Waals surface area (Å²) in [6, 6.07) is -0.495. The molecule has 11 heavy (non-hydrogen) atoms. The minimum absolute atomic E-state index is 0.260. The zero-order chi connectivity index (χ0) is 8.59. The van der Waals surface area contributed by atoms with Crippen molar-refractivity contribution in [2.24, 2.45) is 5.92 Å². The van der Waals surface area contributed by atoms with Gasteiger partial charge in [-0.3, -0.25) is 0 Å². The average Bonchev–Trinajstić information content (AvgIpc) is 2.17. The molecule has 66 valence electrons. The van der Waals surface area contributed by atoms with Crippen LogP contribution in [0.15, 0.2) is 0 Å². The molecule has 0 aliphatic heterocycles. The van der Waals surface area contributed by atoms with E-state index < -0.39 is 30.3 Å². The summed E-state index contributed by atoms with van der Waals surface area (Å²) >= 11 is 0. The predicted molar refractivity (Wildman–Crippen MR) is 35.3 cm³/mol. The molecular weight excluding hydrogens is 150 g/mol. The van der Waals surface area contributed by atoms with Crippen molar-refractivity contribution >= 4 is 0 Å². The Balaban J connectivity index is 2.69. The third kappa shape index (κ3) is 1.25. The maximum absolute atomic E-state index is 9.19. The molecular formula is C6H14NO4+. The second kappa shape index (κ2) is 3.04. The molecule has 5 atom stereocenters. The summed E-state index contributed by atoms with van der Waals surface area (Å²) in [5.74, 6) is -0.514. The molecule has 1 fully saturated rings. The maximum atomic E-state index is 9.19. The molecule has 5 heteroatoms. The van der Waals surface area contributed by atoms with E-state index in [-0.39, 0.29) is 6.61 Å². The normalized spacial score (nSPS) is 51.5. The molecule has 0 amide bonds. The van der Waals surface area contributed by atoms with Gasteiger partial charge in [0.2, 0.25) is 0 Å². The van der Waals surface area contributed by atoms with Crippen LogP contribution in [0.4, 0.5) is 0 Å². The molecule has 1 saturated carbocycles. The van der Waals surface area contributed by atoms with Gasteiger partial charge in [0.15, 0.2) is 0 Å². The van der Waals surface area contributed by atoms with Crippen LogP contribution in [-0.4, -0.2) is 51.4 Å². The van der Waals surface area contributed by atoms with Gasteiger partial charge in [-0.25, -0.2) is 0 Å². The van der Waals surface area contributed by atoms with E-state index >= 15 is 0 Å². The van der Waals surface area contributed by atoms with Gasteiger partial charge in [-0.2, -0.15) is 0 Å². The van der Waals surface area contributed by atoms with E-state index in [0.717, 1.165) is 0 Å². The Morgan fingerprint density at radius 1 is 1.00 bits per heavy atom. The SMILES string of the molecule is [NH3+][C@H]1[C@H](O)[C@H](O)[C@@H](O)[C@@H]1CO. The zero-order valence-corrected chi connectivity index (χ0v) is 6.09. The number of aliphatic hydroxyl groups excluding tert-OH is 4. The van der Waals surface area contributed by atoms with Crippen LogP contribution in [0, 0.1) is 5.92 Å². The fourth-order valence-electron chi connectivity index (χ4n) is 1.46. The summed E-state index contributed by atoms with van der Waals surface area (Å²) < 4.78 is 0. The van der Waals surface area contributed by atoms with Gasteiger partial charge < -0.3 is 26.2 Å². The van der Waals surface area contributed by atoms with Crippen LogP contribution >= 0.6 is 0 Å². The lowest BCUT2D eigenvalue weighted by Gasteiger charge is -2.12. The first-order valence-electron chi connectivity index (χ1n) is 3.57. The minimum atomic E-state index is -1.17. The van der Waals surface area contributed by atoms with Crippen molar-refractivity contribution in [3.05, 3.63) is 0 Å². The van der Waals surface area contributed by atoms with Gasteiger partial charge in [-0.15, -0.1) is 0 Å². The first-order valence-corrected chi connectivity index (χ1v) is 3.57. The molecule has 0 aromatic carbocycles. The van der Waals surface area contributed by atoms with Crippen molar-refractivity contribution in [3.63, 3.8) is 0 Å². The molecule has 0 aromatic rings. The van der Waals surface area contributed by atoms with E-state index in [9.17, 15) is 5.11 Å². The Kier molecular flexibility index (Phi) is 2.46. The fraction of sp³-hybridized carbons (Fsp3) is 1.00. The van der Waals surface area contributed by atoms with Crippen molar-refractivity contribution in [3.8, 4) is 0 Å². The molecule has 1 rings (SSSR count). The van der Waals surface area contributed by atoms with E-state index in [1.807, 2.05) is 0 Å². The van der Waals surface area contributed by atoms with Crippen molar-refractivity contribution in [2.45, 2.75) is 24.4 Å². The summed E-state index contributed by atoms with van der Waals surface area (Å²) in [4.78, 5) is 0. The highest BCUT2D eigenvalue weighted by Gasteiger charge is 2.49. The standard InChI is InChI=1S/C6H13NO4/c7-3-2(1-8)4(9)6(11)5(3)10/h2-6,8-11H,1,7H2/p+1/t2-,3-,4+,5+,6-/m1/s1. The molecule has 0 spiro atoms. The quantitative estimate of drug-likeness (QED) is 0.275. The smallest absolute Gasteiger partial charge is 0.134 e. The topological polar surface area (TPSA) is 109 Å². The van der Waals surface area contributed by atoms with Gasteiger partial charge in [0.05, 0.1) is 18.6 Å². The summed E-state index contributed by atoms with van der Waals surface area (Å²) in [6.07, 6.45) is -3.26. The number of hydrogen-bond donors (Lipinski definition) is 5. The first kappa shape index (κ1) is 8.89.